The molecule has 1 aliphatic heterocycles. The Bertz CT molecular complexity index is 553. The van der Waals surface area contributed by atoms with Crippen molar-refractivity contribution < 1.29 is 0 Å². The van der Waals surface area contributed by atoms with Crippen LogP contribution in [0, 0.1) is 0 Å². The fraction of sp³-hybridized carbons (Fsp3) is 0. The van der Waals surface area contributed by atoms with Crippen LogP contribution in [0.2, 0.25) is 0 Å². The number of aromatic nitrogens is 1. The smallest absolute Gasteiger partial charge is 0.188 e. The Morgan fingerprint density at radius 2 is 2.14 bits per heavy atom. The van der Waals surface area contributed by atoms with Gasteiger partial charge in [0.1, 0.15) is 11.6 Å². The Kier molecular flexibility index (Phi) is 1.43. The van der Waals surface area contributed by atoms with Crippen molar-refractivity contribution in [3.63, 3.8) is 0 Å². The lowest BCUT2D eigenvalue weighted by atomic mass is 10.0. The number of rotatable bonds is 0. The first-order valence-electron chi connectivity index (χ1n) is 4.46. The quantitative estimate of drug-likeness (QED) is 0.571. The van der Waals surface area contributed by atoms with E-state index in [1.807, 2.05) is 30.4 Å². The molecule has 2 nitrogen and oxygen atoms in total. The topological polar surface area (TPSA) is 25.2 Å². The van der Waals surface area contributed by atoms with Crippen molar-refractivity contribution >= 4 is 28.9 Å². The van der Waals surface area contributed by atoms with Crippen molar-refractivity contribution in [3.05, 3.63) is 42.1 Å². The largest absolute Gasteiger partial charge is 0.256 e. The standard InChI is InChI=1S/C12H7N2/c1-3-9-10-4-2-8-14-12(10)6-5-11(9)13-7-1/h1-7H/q+1. The Morgan fingerprint density at radius 1 is 1.14 bits per heavy atom. The van der Waals surface area contributed by atoms with Crippen LogP contribution in [-0.2, 0) is 0 Å². The Balaban J connectivity index is 2.47. The summed E-state index contributed by atoms with van der Waals surface area (Å²) in [6, 6.07) is 7.96. The van der Waals surface area contributed by atoms with Crippen LogP contribution in [0.25, 0.3) is 17.0 Å². The Labute approximate surface area is 81.6 Å². The van der Waals surface area contributed by atoms with E-state index < -0.39 is 0 Å². The highest BCUT2D eigenvalue weighted by molar-refractivity contribution is 5.98. The first kappa shape index (κ1) is 7.36. The van der Waals surface area contributed by atoms with Crippen LogP contribution in [0.1, 0.15) is 5.56 Å². The number of benzene rings is 1. The van der Waals surface area contributed by atoms with Gasteiger partial charge in [-0.1, -0.05) is 4.99 Å². The Hall–Kier alpha value is -2.05. The highest BCUT2D eigenvalue weighted by atomic mass is 14.7. The lowest BCUT2D eigenvalue weighted by Gasteiger charge is -1.99. The van der Waals surface area contributed by atoms with E-state index in [9.17, 15) is 0 Å². The lowest BCUT2D eigenvalue weighted by Crippen LogP contribution is -1.86. The zero-order chi connectivity index (χ0) is 9.38. The fourth-order valence-electron chi connectivity index (χ4n) is 1.66. The zero-order valence-corrected chi connectivity index (χ0v) is 7.44. The summed E-state index contributed by atoms with van der Waals surface area (Å²) in [4.78, 5) is 8.47. The molecule has 14 heavy (non-hydrogen) atoms. The molecule has 1 aromatic heterocycles. The van der Waals surface area contributed by atoms with E-state index in [0.717, 1.165) is 22.2 Å². The molecule has 0 fully saturated rings. The summed E-state index contributed by atoms with van der Waals surface area (Å²) in [7, 11) is 0. The van der Waals surface area contributed by atoms with Gasteiger partial charge in [0.15, 0.2) is 11.9 Å². The van der Waals surface area contributed by atoms with Crippen LogP contribution in [0.15, 0.2) is 41.5 Å². The molecule has 0 N–H and O–H groups in total. The van der Waals surface area contributed by atoms with Crippen molar-refractivity contribution in [1.29, 1.82) is 0 Å². The van der Waals surface area contributed by atoms with Crippen LogP contribution in [-0.4, -0.2) is 11.2 Å². The number of aliphatic imine (C=N–C) groups is 1. The van der Waals surface area contributed by atoms with Gasteiger partial charge in [-0.25, -0.2) is 0 Å². The van der Waals surface area contributed by atoms with Gasteiger partial charge in [-0.05, 0) is 18.2 Å². The first-order valence-corrected chi connectivity index (χ1v) is 4.46. The van der Waals surface area contributed by atoms with Gasteiger partial charge in [0.2, 0.25) is 0 Å². The Morgan fingerprint density at radius 3 is 3.14 bits per heavy atom. The van der Waals surface area contributed by atoms with Crippen LogP contribution in [0.3, 0.4) is 0 Å². The van der Waals surface area contributed by atoms with Crippen LogP contribution in [0.4, 0.5) is 5.69 Å². The van der Waals surface area contributed by atoms with Crippen LogP contribution >= 0.6 is 0 Å². The molecular formula is C12H7N2+. The summed E-state index contributed by atoms with van der Waals surface area (Å²) in [5.41, 5.74) is 3.11. The third-order valence-electron chi connectivity index (χ3n) is 2.31. The molecule has 0 saturated heterocycles. The van der Waals surface area contributed by atoms with Crippen molar-refractivity contribution in [3.8, 4) is 0 Å². The van der Waals surface area contributed by atoms with Crippen molar-refractivity contribution in [2.45, 2.75) is 0 Å². The average molecular weight is 179 g/mol. The number of nitrogens with zero attached hydrogens (tertiary/aromatic N) is 2. The van der Waals surface area contributed by atoms with Gasteiger partial charge in [-0.2, -0.15) is 0 Å². The van der Waals surface area contributed by atoms with E-state index in [1.165, 1.54) is 0 Å². The third-order valence-corrected chi connectivity index (χ3v) is 2.31. The molecule has 0 atom stereocenters. The van der Waals surface area contributed by atoms with E-state index in [0.29, 0.717) is 0 Å². The second kappa shape index (κ2) is 2.72. The maximum atomic E-state index is 4.29. The summed E-state index contributed by atoms with van der Waals surface area (Å²) in [5.74, 6) is 0. The molecule has 0 amide bonds. The minimum Gasteiger partial charge on any atom is -0.256 e. The van der Waals surface area contributed by atoms with E-state index >= 15 is 0 Å². The number of fused-ring (bicyclic) bond motifs is 3. The minimum atomic E-state index is 0.966. The van der Waals surface area contributed by atoms with E-state index in [-0.39, 0.29) is 0 Å². The minimum absolute atomic E-state index is 0.966. The zero-order valence-electron chi connectivity index (χ0n) is 7.44. The normalized spacial score (nSPS) is 12.6. The molecule has 64 valence electrons. The van der Waals surface area contributed by atoms with Gasteiger partial charge >= 0.3 is 0 Å². The van der Waals surface area contributed by atoms with Crippen molar-refractivity contribution in [2.75, 3.05) is 0 Å². The van der Waals surface area contributed by atoms with Crippen molar-refractivity contribution in [1.82, 2.24) is 4.98 Å². The highest BCUT2D eigenvalue weighted by Gasteiger charge is 2.13. The van der Waals surface area contributed by atoms with Crippen LogP contribution < -0.4 is 0 Å². The van der Waals surface area contributed by atoms with Crippen molar-refractivity contribution in [2.24, 2.45) is 4.99 Å². The number of allylic oxidation sites excluding steroid dienone is 1. The van der Waals surface area contributed by atoms with Crippen LogP contribution in [0.5, 0.6) is 0 Å². The average Bonchev–Trinajstić information content (AvgIpc) is 2.29. The van der Waals surface area contributed by atoms with E-state index in [1.54, 1.807) is 6.20 Å². The molecule has 2 heterocycles. The summed E-state index contributed by atoms with van der Waals surface area (Å²) in [6.07, 6.45) is 8.48. The molecule has 2 aromatic rings. The number of pyridine rings is 1. The summed E-state index contributed by atoms with van der Waals surface area (Å²) in [6.45, 7) is 0. The van der Waals surface area contributed by atoms with Gasteiger partial charge in [-0.15, -0.1) is 0 Å². The van der Waals surface area contributed by atoms with Gasteiger partial charge < -0.3 is 0 Å². The molecule has 0 aliphatic carbocycles. The van der Waals surface area contributed by atoms with Gasteiger partial charge in [0.05, 0.1) is 11.6 Å². The second-order valence-corrected chi connectivity index (χ2v) is 3.14. The predicted octanol–water partition coefficient (Wildman–Crippen LogP) is 2.84. The molecule has 3 rings (SSSR count). The predicted molar refractivity (Wildman–Crippen MR) is 57.9 cm³/mol. The molecule has 2 heteroatoms. The number of hydrogen-bond acceptors (Lipinski definition) is 2. The molecule has 0 unspecified atom stereocenters. The van der Waals surface area contributed by atoms with E-state index in [4.69, 9.17) is 0 Å². The number of hydrogen-bond donors (Lipinski definition) is 0. The molecule has 0 radical (unpaired) electrons. The van der Waals surface area contributed by atoms with E-state index in [2.05, 4.69) is 22.3 Å². The molecule has 1 aliphatic rings. The van der Waals surface area contributed by atoms with Gasteiger partial charge in [-0.3, -0.25) is 4.98 Å². The third kappa shape index (κ3) is 0.951. The molecular weight excluding hydrogens is 172 g/mol. The monoisotopic (exact) mass is 179 g/mol. The molecule has 0 saturated carbocycles. The summed E-state index contributed by atoms with van der Waals surface area (Å²) < 4.78 is 0. The highest BCUT2D eigenvalue weighted by Crippen LogP contribution is 2.29. The second-order valence-electron chi connectivity index (χ2n) is 3.14. The molecule has 0 bridgehead atoms. The maximum Gasteiger partial charge on any atom is 0.188 e. The summed E-state index contributed by atoms with van der Waals surface area (Å²) >= 11 is 0. The molecule has 0 spiro atoms. The van der Waals surface area contributed by atoms with Gasteiger partial charge in [0, 0.05) is 17.6 Å². The summed E-state index contributed by atoms with van der Waals surface area (Å²) in [5, 5.41) is 1.14. The van der Waals surface area contributed by atoms with Gasteiger partial charge in [0.25, 0.3) is 0 Å². The SMILES string of the molecule is [C+]1=Nc2ccc3ncccc3c2C=C1. The first-order chi connectivity index (χ1) is 6.95. The maximum absolute atomic E-state index is 4.29. The molecule has 1 aromatic carbocycles. The fourth-order valence-corrected chi connectivity index (χ4v) is 1.66. The lowest BCUT2D eigenvalue weighted by molar-refractivity contribution is 1.40.